The standard InChI is InChI=1S/C25H34I2O3/c1-19(11-12-20(2)17-28-26)15-21(3)30-25-10-5-4-9-24(25)16-22-7-6-8-23(14-13-22)18-29-27/h4-7,9-10,13-14,19-21H,8,11-12,15-18H2,1-3H3. The van der Waals surface area contributed by atoms with Gasteiger partial charge in [-0.2, -0.15) is 0 Å². The molecule has 1 aliphatic rings. The fraction of sp³-hybridized carbons (Fsp3) is 0.520. The number of halogens is 2. The van der Waals surface area contributed by atoms with E-state index in [-0.39, 0.29) is 6.10 Å². The molecule has 0 fully saturated rings. The molecular formula is C25H34I2O3. The summed E-state index contributed by atoms with van der Waals surface area (Å²) in [5, 5.41) is 0. The number of ether oxygens (including phenoxy) is 1. The smallest absolute Gasteiger partial charge is 0.123 e. The van der Waals surface area contributed by atoms with Gasteiger partial charge in [0.05, 0.1) is 19.3 Å². The topological polar surface area (TPSA) is 27.7 Å². The van der Waals surface area contributed by atoms with Gasteiger partial charge in [0.2, 0.25) is 0 Å². The Labute approximate surface area is 210 Å². The highest BCUT2D eigenvalue weighted by Crippen LogP contribution is 2.26. The fourth-order valence-electron chi connectivity index (χ4n) is 3.70. The van der Waals surface area contributed by atoms with E-state index in [9.17, 15) is 0 Å². The second-order valence-corrected chi connectivity index (χ2v) is 9.68. The molecule has 0 saturated carbocycles. The van der Waals surface area contributed by atoms with Crippen LogP contribution in [0.3, 0.4) is 0 Å². The summed E-state index contributed by atoms with van der Waals surface area (Å²) in [4.78, 5) is 0. The summed E-state index contributed by atoms with van der Waals surface area (Å²) in [5.41, 5.74) is 3.83. The molecule has 0 amide bonds. The number of hydrogen-bond donors (Lipinski definition) is 0. The molecule has 1 aromatic carbocycles. The molecule has 1 aliphatic carbocycles. The van der Waals surface area contributed by atoms with Crippen molar-refractivity contribution < 1.29 is 10.9 Å². The van der Waals surface area contributed by atoms with Gasteiger partial charge >= 0.3 is 0 Å². The summed E-state index contributed by atoms with van der Waals surface area (Å²) >= 11 is 3.94. The van der Waals surface area contributed by atoms with Crippen LogP contribution >= 0.6 is 46.0 Å². The molecule has 0 spiro atoms. The van der Waals surface area contributed by atoms with Crippen molar-refractivity contribution in [3.05, 3.63) is 65.3 Å². The van der Waals surface area contributed by atoms with Crippen LogP contribution in [0.2, 0.25) is 0 Å². The Morgan fingerprint density at radius 2 is 1.73 bits per heavy atom. The third-order valence-electron chi connectivity index (χ3n) is 5.41. The van der Waals surface area contributed by atoms with Crippen molar-refractivity contribution in [1.82, 2.24) is 0 Å². The molecule has 2 rings (SSSR count). The van der Waals surface area contributed by atoms with Crippen LogP contribution in [0.15, 0.2) is 59.7 Å². The molecule has 3 nitrogen and oxygen atoms in total. The monoisotopic (exact) mass is 636 g/mol. The first-order valence-corrected chi connectivity index (χ1v) is 12.5. The maximum atomic E-state index is 6.39. The van der Waals surface area contributed by atoms with Crippen LogP contribution < -0.4 is 4.74 Å². The van der Waals surface area contributed by atoms with E-state index in [1.807, 2.05) is 46.0 Å². The zero-order valence-corrected chi connectivity index (χ0v) is 22.6. The molecule has 166 valence electrons. The van der Waals surface area contributed by atoms with Crippen LogP contribution in [-0.2, 0) is 12.6 Å². The quantitative estimate of drug-likeness (QED) is 0.206. The predicted molar refractivity (Wildman–Crippen MR) is 142 cm³/mol. The van der Waals surface area contributed by atoms with Crippen LogP contribution in [0.1, 0.15) is 52.0 Å². The summed E-state index contributed by atoms with van der Waals surface area (Å²) in [6, 6.07) is 8.43. The zero-order chi connectivity index (χ0) is 21.8. The SMILES string of the molecule is CC(CCC(C)CC(C)Oc1ccccc1CC1=CC=C(COI)CC=C1)COI. The summed E-state index contributed by atoms with van der Waals surface area (Å²) in [7, 11) is 0. The Kier molecular flexibility index (Phi) is 12.6. The molecule has 0 radical (unpaired) electrons. The van der Waals surface area contributed by atoms with Crippen molar-refractivity contribution in [3.63, 3.8) is 0 Å². The lowest BCUT2D eigenvalue weighted by Crippen LogP contribution is -2.17. The molecule has 0 saturated heterocycles. The highest BCUT2D eigenvalue weighted by atomic mass is 127. The first-order valence-electron chi connectivity index (χ1n) is 10.8. The predicted octanol–water partition coefficient (Wildman–Crippen LogP) is 7.98. The fourth-order valence-corrected chi connectivity index (χ4v) is 4.71. The molecule has 5 heteroatoms. The second-order valence-electron chi connectivity index (χ2n) is 8.44. The Hall–Kier alpha value is -0.380. The molecule has 3 unspecified atom stereocenters. The normalized spacial score (nSPS) is 17.0. The van der Waals surface area contributed by atoms with E-state index in [2.05, 4.69) is 69.3 Å². The highest BCUT2D eigenvalue weighted by molar-refractivity contribution is 14.1. The van der Waals surface area contributed by atoms with Crippen LogP contribution in [-0.4, -0.2) is 19.3 Å². The number of hydrogen-bond acceptors (Lipinski definition) is 3. The van der Waals surface area contributed by atoms with Gasteiger partial charge in [0.1, 0.15) is 51.8 Å². The molecule has 0 heterocycles. The lowest BCUT2D eigenvalue weighted by atomic mass is 9.94. The van der Waals surface area contributed by atoms with Crippen LogP contribution in [0.4, 0.5) is 0 Å². The van der Waals surface area contributed by atoms with Crippen LogP contribution in [0.5, 0.6) is 5.75 Å². The van der Waals surface area contributed by atoms with Gasteiger partial charge in [0.25, 0.3) is 0 Å². The molecule has 3 atom stereocenters. The average Bonchev–Trinajstić information content (AvgIpc) is 2.93. The third kappa shape index (κ3) is 9.83. The number of para-hydroxylation sites is 1. The van der Waals surface area contributed by atoms with Crippen molar-refractivity contribution in [3.8, 4) is 5.75 Å². The van der Waals surface area contributed by atoms with Gasteiger partial charge in [0.15, 0.2) is 0 Å². The number of rotatable bonds is 13. The summed E-state index contributed by atoms with van der Waals surface area (Å²) in [6.45, 7) is 8.28. The minimum atomic E-state index is 0.197. The molecule has 0 N–H and O–H groups in total. The second kappa shape index (κ2) is 14.6. The van der Waals surface area contributed by atoms with Crippen molar-refractivity contribution in [2.45, 2.75) is 59.0 Å². The zero-order valence-electron chi connectivity index (χ0n) is 18.3. The summed E-state index contributed by atoms with van der Waals surface area (Å²) in [6.07, 6.45) is 14.3. The van der Waals surface area contributed by atoms with Crippen LogP contribution in [0.25, 0.3) is 0 Å². The van der Waals surface area contributed by atoms with E-state index in [0.29, 0.717) is 18.4 Å². The van der Waals surface area contributed by atoms with Gasteiger partial charge < -0.3 is 10.9 Å². The van der Waals surface area contributed by atoms with Gasteiger partial charge in [0, 0.05) is 6.42 Å². The van der Waals surface area contributed by atoms with Gasteiger partial charge in [-0.15, -0.1) is 0 Å². The van der Waals surface area contributed by atoms with Crippen molar-refractivity contribution in [1.29, 1.82) is 0 Å². The minimum absolute atomic E-state index is 0.197. The van der Waals surface area contributed by atoms with Gasteiger partial charge in [-0.05, 0) is 60.8 Å². The lowest BCUT2D eigenvalue weighted by molar-refractivity contribution is 0.180. The van der Waals surface area contributed by atoms with E-state index in [1.165, 1.54) is 29.6 Å². The molecule has 0 bridgehead atoms. The minimum Gasteiger partial charge on any atom is -0.490 e. The Morgan fingerprint density at radius 1 is 0.967 bits per heavy atom. The molecular weight excluding hydrogens is 602 g/mol. The number of benzene rings is 1. The van der Waals surface area contributed by atoms with E-state index in [0.717, 1.165) is 31.6 Å². The third-order valence-corrected chi connectivity index (χ3v) is 6.09. The Balaban J connectivity index is 1.93. The molecule has 0 aromatic heterocycles. The van der Waals surface area contributed by atoms with Crippen LogP contribution in [0, 0.1) is 11.8 Å². The largest absolute Gasteiger partial charge is 0.490 e. The van der Waals surface area contributed by atoms with Crippen molar-refractivity contribution in [2.24, 2.45) is 11.8 Å². The highest BCUT2D eigenvalue weighted by Gasteiger charge is 2.14. The van der Waals surface area contributed by atoms with Gasteiger partial charge in [-0.1, -0.05) is 62.8 Å². The summed E-state index contributed by atoms with van der Waals surface area (Å²) in [5.74, 6) is 2.25. The number of allylic oxidation sites excluding steroid dienone is 5. The Bertz CT molecular complexity index is 727. The maximum absolute atomic E-state index is 6.39. The first kappa shape index (κ1) is 25.9. The molecule has 1 aromatic rings. The van der Waals surface area contributed by atoms with Gasteiger partial charge in [-0.3, -0.25) is 0 Å². The lowest BCUT2D eigenvalue weighted by Gasteiger charge is -2.21. The van der Waals surface area contributed by atoms with Crippen molar-refractivity contribution in [2.75, 3.05) is 13.2 Å². The maximum Gasteiger partial charge on any atom is 0.123 e. The van der Waals surface area contributed by atoms with E-state index < -0.39 is 0 Å². The first-order chi connectivity index (χ1) is 14.5. The van der Waals surface area contributed by atoms with Gasteiger partial charge in [-0.25, -0.2) is 0 Å². The summed E-state index contributed by atoms with van der Waals surface area (Å²) < 4.78 is 16.9. The van der Waals surface area contributed by atoms with Crippen molar-refractivity contribution >= 4 is 46.0 Å². The van der Waals surface area contributed by atoms with E-state index in [4.69, 9.17) is 10.9 Å². The van der Waals surface area contributed by atoms with E-state index >= 15 is 0 Å². The molecule has 0 aliphatic heterocycles. The Morgan fingerprint density at radius 3 is 2.50 bits per heavy atom. The van der Waals surface area contributed by atoms with E-state index in [1.54, 1.807) is 0 Å². The molecule has 30 heavy (non-hydrogen) atoms. The average molecular weight is 636 g/mol.